The molecule has 1 aromatic rings. The van der Waals surface area contributed by atoms with Crippen LogP contribution in [0.3, 0.4) is 0 Å². The van der Waals surface area contributed by atoms with Crippen molar-refractivity contribution in [3.63, 3.8) is 0 Å². The quantitative estimate of drug-likeness (QED) is 0.709. The Balaban J connectivity index is 2.68. The van der Waals surface area contributed by atoms with Gasteiger partial charge in [0, 0.05) is 25.9 Å². The van der Waals surface area contributed by atoms with Gasteiger partial charge in [0.25, 0.3) is 0 Å². The number of nitrogens with zero attached hydrogens (tertiary/aromatic N) is 1. The summed E-state index contributed by atoms with van der Waals surface area (Å²) in [5.41, 5.74) is 2.43. The summed E-state index contributed by atoms with van der Waals surface area (Å²) in [6, 6.07) is 9.36. The molecule has 14 heavy (non-hydrogen) atoms. The van der Waals surface area contributed by atoms with Gasteiger partial charge in [0.15, 0.2) is 0 Å². The van der Waals surface area contributed by atoms with Crippen LogP contribution >= 0.6 is 0 Å². The monoisotopic (exact) mass is 192 g/mol. The topological polar surface area (TPSA) is 12.5 Å². The average molecular weight is 192 g/mol. The summed E-state index contributed by atoms with van der Waals surface area (Å²) in [5, 5.41) is 0. The van der Waals surface area contributed by atoms with Gasteiger partial charge in [-0.2, -0.15) is 0 Å². The second-order valence-electron chi connectivity index (χ2n) is 3.30. The van der Waals surface area contributed by atoms with Crippen LogP contribution < -0.4 is 4.90 Å². The van der Waals surface area contributed by atoms with Gasteiger partial charge in [-0.05, 0) is 37.6 Å². The van der Waals surface area contributed by atoms with Crippen molar-refractivity contribution in [2.75, 3.05) is 31.7 Å². The van der Waals surface area contributed by atoms with Crippen LogP contribution in [0.15, 0.2) is 18.2 Å². The van der Waals surface area contributed by atoms with Gasteiger partial charge in [-0.25, -0.2) is 0 Å². The van der Waals surface area contributed by atoms with Gasteiger partial charge in [-0.3, -0.25) is 0 Å². The van der Waals surface area contributed by atoms with Crippen LogP contribution in [0.2, 0.25) is 0 Å². The lowest BCUT2D eigenvalue weighted by Gasteiger charge is -2.22. The Morgan fingerprint density at radius 3 is 2.86 bits per heavy atom. The van der Waals surface area contributed by atoms with Gasteiger partial charge < -0.3 is 9.64 Å². The summed E-state index contributed by atoms with van der Waals surface area (Å²) in [6.45, 7) is 6.93. The highest BCUT2D eigenvalue weighted by Gasteiger charge is 2.02. The summed E-state index contributed by atoms with van der Waals surface area (Å²) in [7, 11) is 1.73. The maximum absolute atomic E-state index is 5.08. The zero-order chi connectivity index (χ0) is 10.4. The molecular weight excluding hydrogens is 174 g/mol. The molecule has 1 radical (unpaired) electrons. The van der Waals surface area contributed by atoms with Crippen molar-refractivity contribution in [1.82, 2.24) is 0 Å². The Morgan fingerprint density at radius 2 is 2.29 bits per heavy atom. The van der Waals surface area contributed by atoms with E-state index in [0.29, 0.717) is 0 Å². The first-order valence-corrected chi connectivity index (χ1v) is 5.00. The Morgan fingerprint density at radius 1 is 1.50 bits per heavy atom. The largest absolute Gasteiger partial charge is 0.383 e. The Kier molecular flexibility index (Phi) is 4.47. The molecule has 0 amide bonds. The Hall–Kier alpha value is -1.02. The maximum atomic E-state index is 5.08. The van der Waals surface area contributed by atoms with E-state index in [2.05, 4.69) is 36.9 Å². The first kappa shape index (κ1) is 11.1. The molecule has 0 spiro atoms. The van der Waals surface area contributed by atoms with E-state index in [4.69, 9.17) is 4.74 Å². The van der Waals surface area contributed by atoms with Crippen molar-refractivity contribution in [1.29, 1.82) is 0 Å². The van der Waals surface area contributed by atoms with E-state index in [9.17, 15) is 0 Å². The van der Waals surface area contributed by atoms with E-state index in [0.717, 1.165) is 19.7 Å². The van der Waals surface area contributed by atoms with Crippen LogP contribution in [-0.2, 0) is 4.74 Å². The van der Waals surface area contributed by atoms with E-state index in [1.165, 1.54) is 11.3 Å². The smallest absolute Gasteiger partial charge is 0.0637 e. The average Bonchev–Trinajstić information content (AvgIpc) is 2.19. The summed E-state index contributed by atoms with van der Waals surface area (Å²) >= 11 is 0. The number of benzene rings is 1. The highest BCUT2D eigenvalue weighted by Crippen LogP contribution is 2.14. The third-order valence-electron chi connectivity index (χ3n) is 2.24. The molecule has 0 aliphatic rings. The molecule has 0 unspecified atom stereocenters. The van der Waals surface area contributed by atoms with Crippen LogP contribution in [-0.4, -0.2) is 26.8 Å². The molecule has 0 bridgehead atoms. The SMILES string of the molecule is CCN(CCOC)c1cc[c]c(C)c1. The fraction of sp³-hybridized carbons (Fsp3) is 0.500. The molecule has 0 saturated carbocycles. The number of methoxy groups -OCH3 is 1. The van der Waals surface area contributed by atoms with Crippen molar-refractivity contribution >= 4 is 5.69 Å². The van der Waals surface area contributed by atoms with Crippen molar-refractivity contribution in [2.24, 2.45) is 0 Å². The zero-order valence-electron chi connectivity index (χ0n) is 9.21. The lowest BCUT2D eigenvalue weighted by molar-refractivity contribution is 0.205. The first-order valence-electron chi connectivity index (χ1n) is 5.00. The van der Waals surface area contributed by atoms with Crippen molar-refractivity contribution in [2.45, 2.75) is 13.8 Å². The van der Waals surface area contributed by atoms with Gasteiger partial charge >= 0.3 is 0 Å². The number of likely N-dealkylation sites (N-methyl/N-ethyl adjacent to an activating group) is 1. The molecule has 1 aromatic carbocycles. The van der Waals surface area contributed by atoms with Gasteiger partial charge in [-0.1, -0.05) is 6.07 Å². The molecule has 2 nitrogen and oxygen atoms in total. The Labute approximate surface area is 86.5 Å². The predicted molar refractivity (Wildman–Crippen MR) is 59.8 cm³/mol. The molecule has 0 fully saturated rings. The van der Waals surface area contributed by atoms with Gasteiger partial charge in [0.05, 0.1) is 6.61 Å². The van der Waals surface area contributed by atoms with Crippen molar-refractivity contribution in [3.05, 3.63) is 29.8 Å². The fourth-order valence-corrected chi connectivity index (χ4v) is 1.44. The normalized spacial score (nSPS) is 10.2. The lowest BCUT2D eigenvalue weighted by atomic mass is 10.2. The summed E-state index contributed by atoms with van der Waals surface area (Å²) in [5.74, 6) is 0. The standard InChI is InChI=1S/C12H18NO/c1-4-13(8-9-14-3)12-7-5-6-11(2)10-12/h5,7,10H,4,8-9H2,1-3H3. The molecule has 1 rings (SSSR count). The fourth-order valence-electron chi connectivity index (χ4n) is 1.44. The molecule has 0 atom stereocenters. The van der Waals surface area contributed by atoms with Crippen LogP contribution in [0.25, 0.3) is 0 Å². The molecule has 0 aromatic heterocycles. The summed E-state index contributed by atoms with van der Waals surface area (Å²) in [4.78, 5) is 2.30. The number of aryl methyl sites for hydroxylation is 1. The van der Waals surface area contributed by atoms with Gasteiger partial charge in [0.2, 0.25) is 0 Å². The Bertz CT molecular complexity index is 273. The van der Waals surface area contributed by atoms with E-state index in [-0.39, 0.29) is 0 Å². The second-order valence-corrected chi connectivity index (χ2v) is 3.30. The van der Waals surface area contributed by atoms with E-state index in [1.807, 2.05) is 6.07 Å². The van der Waals surface area contributed by atoms with E-state index >= 15 is 0 Å². The van der Waals surface area contributed by atoms with Gasteiger partial charge in [-0.15, -0.1) is 0 Å². The number of ether oxygens (including phenoxy) is 1. The van der Waals surface area contributed by atoms with Crippen LogP contribution in [0.4, 0.5) is 5.69 Å². The minimum atomic E-state index is 0.769. The zero-order valence-corrected chi connectivity index (χ0v) is 9.21. The number of hydrogen-bond acceptors (Lipinski definition) is 2. The highest BCUT2D eigenvalue weighted by atomic mass is 16.5. The van der Waals surface area contributed by atoms with Gasteiger partial charge in [0.1, 0.15) is 0 Å². The van der Waals surface area contributed by atoms with Crippen LogP contribution in [0, 0.1) is 13.0 Å². The maximum Gasteiger partial charge on any atom is 0.0637 e. The number of hydrogen-bond donors (Lipinski definition) is 0. The second kappa shape index (κ2) is 5.66. The molecule has 77 valence electrons. The number of anilines is 1. The van der Waals surface area contributed by atoms with Crippen molar-refractivity contribution in [3.8, 4) is 0 Å². The molecular formula is C12H18NO. The molecule has 0 saturated heterocycles. The third-order valence-corrected chi connectivity index (χ3v) is 2.24. The minimum absolute atomic E-state index is 0.769. The third kappa shape index (κ3) is 3.04. The summed E-state index contributed by atoms with van der Waals surface area (Å²) < 4.78 is 5.08. The van der Waals surface area contributed by atoms with Crippen LogP contribution in [0.5, 0.6) is 0 Å². The first-order chi connectivity index (χ1) is 6.77. The number of rotatable bonds is 5. The molecule has 0 heterocycles. The molecule has 0 aliphatic heterocycles. The molecule has 2 heteroatoms. The van der Waals surface area contributed by atoms with Crippen LogP contribution in [0.1, 0.15) is 12.5 Å². The molecule has 0 N–H and O–H groups in total. The lowest BCUT2D eigenvalue weighted by Crippen LogP contribution is -2.26. The highest BCUT2D eigenvalue weighted by molar-refractivity contribution is 5.47. The van der Waals surface area contributed by atoms with E-state index in [1.54, 1.807) is 7.11 Å². The van der Waals surface area contributed by atoms with E-state index < -0.39 is 0 Å². The predicted octanol–water partition coefficient (Wildman–Crippen LogP) is 2.27. The minimum Gasteiger partial charge on any atom is -0.383 e. The summed E-state index contributed by atoms with van der Waals surface area (Å²) in [6.07, 6.45) is 0. The molecule has 0 aliphatic carbocycles. The van der Waals surface area contributed by atoms with Crippen molar-refractivity contribution < 1.29 is 4.74 Å².